The van der Waals surface area contributed by atoms with Crippen molar-refractivity contribution in [2.24, 2.45) is 0 Å². The second-order valence-electron chi connectivity index (χ2n) is 4.27. The lowest BCUT2D eigenvalue weighted by Crippen LogP contribution is -2.04. The SMILES string of the molecule is [2H]C([2H])([2H])OCCn1c2ccccc2c2ccc(Br)c(Br)c21. The Hall–Kier alpha value is -0.840. The molecule has 0 radical (unpaired) electrons. The molecule has 0 bridgehead atoms. The summed E-state index contributed by atoms with van der Waals surface area (Å²) >= 11 is 7.15. The van der Waals surface area contributed by atoms with Crippen molar-refractivity contribution in [3.8, 4) is 0 Å². The van der Waals surface area contributed by atoms with Crippen LogP contribution < -0.4 is 0 Å². The second kappa shape index (κ2) is 5.27. The van der Waals surface area contributed by atoms with Gasteiger partial charge in [0, 0.05) is 34.3 Å². The molecular formula is C15H13Br2NO. The maximum Gasteiger partial charge on any atom is 0.0648 e. The molecule has 0 N–H and O–H groups in total. The van der Waals surface area contributed by atoms with Gasteiger partial charge in [-0.15, -0.1) is 0 Å². The van der Waals surface area contributed by atoms with Crippen molar-refractivity contribution >= 4 is 53.7 Å². The summed E-state index contributed by atoms with van der Waals surface area (Å²) in [5, 5.41) is 2.26. The van der Waals surface area contributed by atoms with E-state index in [9.17, 15) is 0 Å². The summed E-state index contributed by atoms with van der Waals surface area (Å²) in [4.78, 5) is 0. The summed E-state index contributed by atoms with van der Waals surface area (Å²) in [5.74, 6) is 0. The summed E-state index contributed by atoms with van der Waals surface area (Å²) < 4.78 is 30.4. The molecule has 0 unspecified atom stereocenters. The van der Waals surface area contributed by atoms with Gasteiger partial charge in [-0.1, -0.05) is 24.3 Å². The Balaban J connectivity index is 2.14. The zero-order valence-corrected chi connectivity index (χ0v) is 13.2. The van der Waals surface area contributed by atoms with Crippen LogP contribution in [0, 0.1) is 0 Å². The fraction of sp³-hybridized carbons (Fsp3) is 0.200. The first-order valence-corrected chi connectivity index (χ1v) is 7.46. The molecule has 4 heteroatoms. The molecule has 0 fully saturated rings. The molecule has 0 aliphatic rings. The summed E-state index contributed by atoms with van der Waals surface area (Å²) in [6.07, 6.45) is 0. The molecule has 98 valence electrons. The van der Waals surface area contributed by atoms with Crippen molar-refractivity contribution in [1.29, 1.82) is 0 Å². The van der Waals surface area contributed by atoms with Crippen molar-refractivity contribution in [1.82, 2.24) is 4.57 Å². The van der Waals surface area contributed by atoms with E-state index in [2.05, 4.69) is 48.6 Å². The highest BCUT2D eigenvalue weighted by Crippen LogP contribution is 2.37. The largest absolute Gasteiger partial charge is 0.383 e. The van der Waals surface area contributed by atoms with Gasteiger partial charge in [-0.05, 0) is 44.0 Å². The monoisotopic (exact) mass is 384 g/mol. The van der Waals surface area contributed by atoms with Gasteiger partial charge in [0.15, 0.2) is 0 Å². The Morgan fingerprint density at radius 2 is 2.00 bits per heavy atom. The number of benzene rings is 2. The Bertz CT molecular complexity index is 842. The first-order chi connectivity index (χ1) is 10.4. The number of hydrogen-bond acceptors (Lipinski definition) is 1. The topological polar surface area (TPSA) is 14.2 Å². The fourth-order valence-corrected chi connectivity index (χ4v) is 3.33. The molecule has 2 nitrogen and oxygen atoms in total. The quantitative estimate of drug-likeness (QED) is 0.621. The van der Waals surface area contributed by atoms with E-state index in [1.165, 1.54) is 0 Å². The van der Waals surface area contributed by atoms with Gasteiger partial charge in [-0.2, -0.15) is 0 Å². The maximum absolute atomic E-state index is 7.15. The molecule has 19 heavy (non-hydrogen) atoms. The van der Waals surface area contributed by atoms with Gasteiger partial charge in [0.05, 0.1) is 20.7 Å². The lowest BCUT2D eigenvalue weighted by Gasteiger charge is -2.08. The minimum Gasteiger partial charge on any atom is -0.383 e. The maximum atomic E-state index is 7.15. The molecule has 0 atom stereocenters. The number of aromatic nitrogens is 1. The molecular weight excluding hydrogens is 370 g/mol. The third kappa shape index (κ3) is 2.12. The predicted octanol–water partition coefficient (Wildman–Crippen LogP) is 4.97. The van der Waals surface area contributed by atoms with Crippen LogP contribution in [-0.4, -0.2) is 18.2 Å². The highest BCUT2D eigenvalue weighted by Gasteiger charge is 2.14. The molecule has 0 aliphatic carbocycles. The highest BCUT2D eigenvalue weighted by atomic mass is 79.9. The Morgan fingerprint density at radius 1 is 1.16 bits per heavy atom. The van der Waals surface area contributed by atoms with Crippen LogP contribution in [0.25, 0.3) is 21.8 Å². The minimum absolute atomic E-state index is 0.128. The molecule has 0 aliphatic heterocycles. The lowest BCUT2D eigenvalue weighted by molar-refractivity contribution is 0.189. The van der Waals surface area contributed by atoms with E-state index in [1.807, 2.05) is 24.3 Å². The molecule has 0 spiro atoms. The van der Waals surface area contributed by atoms with Gasteiger partial charge in [0.1, 0.15) is 0 Å². The molecule has 1 aromatic heterocycles. The summed E-state index contributed by atoms with van der Waals surface area (Å²) in [5.41, 5.74) is 2.09. The third-order valence-electron chi connectivity index (χ3n) is 3.24. The second-order valence-corrected chi connectivity index (χ2v) is 5.92. The smallest absolute Gasteiger partial charge is 0.0648 e. The molecule has 3 aromatic rings. The normalized spacial score (nSPS) is 14.5. The molecule has 0 saturated heterocycles. The number of para-hydroxylation sites is 1. The van der Waals surface area contributed by atoms with E-state index >= 15 is 0 Å². The van der Waals surface area contributed by atoms with Crippen LogP contribution in [0.15, 0.2) is 45.3 Å². The van der Waals surface area contributed by atoms with E-state index in [4.69, 9.17) is 8.85 Å². The van der Waals surface area contributed by atoms with Gasteiger partial charge >= 0.3 is 0 Å². The van der Waals surface area contributed by atoms with Crippen LogP contribution in [0.1, 0.15) is 4.11 Å². The van der Waals surface area contributed by atoms with Gasteiger partial charge in [0.25, 0.3) is 0 Å². The van der Waals surface area contributed by atoms with Crippen LogP contribution >= 0.6 is 31.9 Å². The van der Waals surface area contributed by atoms with E-state index in [1.54, 1.807) is 0 Å². The van der Waals surface area contributed by atoms with Crippen LogP contribution in [0.5, 0.6) is 0 Å². The number of fused-ring (bicyclic) bond motifs is 3. The van der Waals surface area contributed by atoms with Crippen LogP contribution in [0.2, 0.25) is 0 Å². The van der Waals surface area contributed by atoms with Crippen LogP contribution in [0.3, 0.4) is 0 Å². The third-order valence-corrected chi connectivity index (χ3v) is 5.24. The van der Waals surface area contributed by atoms with Crippen LogP contribution in [-0.2, 0) is 11.3 Å². The number of nitrogens with zero attached hydrogens (tertiary/aromatic N) is 1. The zero-order valence-electron chi connectivity index (χ0n) is 13.0. The van der Waals surface area contributed by atoms with Crippen molar-refractivity contribution in [3.05, 3.63) is 45.3 Å². The zero-order chi connectivity index (χ0) is 15.9. The highest BCUT2D eigenvalue weighted by molar-refractivity contribution is 9.13. The van der Waals surface area contributed by atoms with Crippen molar-refractivity contribution in [2.45, 2.75) is 6.54 Å². The Kier molecular flexibility index (Phi) is 2.77. The number of methoxy groups -OCH3 is 1. The number of rotatable bonds is 3. The van der Waals surface area contributed by atoms with Gasteiger partial charge in [-0.25, -0.2) is 0 Å². The molecule has 1 heterocycles. The summed E-state index contributed by atoms with van der Waals surface area (Å²) in [7, 11) is -2.36. The van der Waals surface area contributed by atoms with Crippen molar-refractivity contribution in [2.75, 3.05) is 13.6 Å². The average Bonchev–Trinajstić information content (AvgIpc) is 2.77. The van der Waals surface area contributed by atoms with E-state index in [0.29, 0.717) is 6.54 Å². The van der Waals surface area contributed by atoms with Gasteiger partial charge in [-0.3, -0.25) is 0 Å². The molecule has 0 amide bonds. The lowest BCUT2D eigenvalue weighted by atomic mass is 10.2. The first kappa shape index (κ1) is 9.97. The van der Waals surface area contributed by atoms with E-state index < -0.39 is 7.04 Å². The first-order valence-electron chi connectivity index (χ1n) is 7.37. The average molecular weight is 386 g/mol. The predicted molar refractivity (Wildman–Crippen MR) is 86.7 cm³/mol. The van der Waals surface area contributed by atoms with Crippen molar-refractivity contribution in [3.63, 3.8) is 0 Å². The standard InChI is InChI=1S/C15H13Br2NO/c1-19-9-8-18-13-5-3-2-4-10(13)11-6-7-12(16)14(17)15(11)18/h2-7H,8-9H2,1H3/i1D3. The van der Waals surface area contributed by atoms with Gasteiger partial charge in [0.2, 0.25) is 0 Å². The van der Waals surface area contributed by atoms with E-state index in [0.717, 1.165) is 30.8 Å². The Morgan fingerprint density at radius 3 is 2.84 bits per heavy atom. The van der Waals surface area contributed by atoms with Crippen LogP contribution in [0.4, 0.5) is 0 Å². The fourth-order valence-electron chi connectivity index (χ4n) is 2.45. The number of ether oxygens (including phenoxy) is 1. The minimum atomic E-state index is -2.36. The molecule has 3 rings (SSSR count). The van der Waals surface area contributed by atoms with Gasteiger partial charge < -0.3 is 9.30 Å². The molecule has 0 saturated carbocycles. The van der Waals surface area contributed by atoms with Crippen molar-refractivity contribution < 1.29 is 8.85 Å². The number of halogens is 2. The molecule has 2 aromatic carbocycles. The summed E-state index contributed by atoms with van der Waals surface area (Å²) in [6, 6.07) is 12.1. The summed E-state index contributed by atoms with van der Waals surface area (Å²) in [6.45, 7) is 0.598. The number of hydrogen-bond donors (Lipinski definition) is 0. The van der Waals surface area contributed by atoms with E-state index in [-0.39, 0.29) is 6.61 Å². The Labute approximate surface area is 132 Å².